The van der Waals surface area contributed by atoms with Gasteiger partial charge in [0, 0.05) is 30.1 Å². The van der Waals surface area contributed by atoms with Crippen molar-refractivity contribution in [3.8, 4) is 16.9 Å². The summed E-state index contributed by atoms with van der Waals surface area (Å²) in [6, 6.07) is 18.8. The largest absolute Gasteiger partial charge is 0.496 e. The Kier molecular flexibility index (Phi) is 6.98. The van der Waals surface area contributed by atoms with Crippen LogP contribution >= 0.6 is 0 Å². The fourth-order valence-electron chi connectivity index (χ4n) is 3.37. The van der Waals surface area contributed by atoms with Crippen molar-refractivity contribution in [2.24, 2.45) is 0 Å². The van der Waals surface area contributed by atoms with Gasteiger partial charge in [0.1, 0.15) is 5.75 Å². The summed E-state index contributed by atoms with van der Waals surface area (Å²) in [5, 5.41) is 9.85. The van der Waals surface area contributed by atoms with Gasteiger partial charge in [-0.2, -0.15) is 0 Å². The fourth-order valence-corrected chi connectivity index (χ4v) is 3.37. The van der Waals surface area contributed by atoms with Gasteiger partial charge in [0.25, 0.3) is 5.91 Å². The highest BCUT2D eigenvalue weighted by atomic mass is 16.5. The predicted molar refractivity (Wildman–Crippen MR) is 114 cm³/mol. The first-order chi connectivity index (χ1) is 14.2. The van der Waals surface area contributed by atoms with Crippen LogP contribution in [-0.4, -0.2) is 40.7 Å². The molecule has 1 aromatic heterocycles. The van der Waals surface area contributed by atoms with E-state index in [-0.39, 0.29) is 18.6 Å². The molecule has 2 aromatic carbocycles. The minimum Gasteiger partial charge on any atom is -0.496 e. The van der Waals surface area contributed by atoms with E-state index in [4.69, 9.17) is 4.74 Å². The smallest absolute Gasteiger partial charge is 0.254 e. The second-order valence-corrected chi connectivity index (χ2v) is 6.82. The second kappa shape index (κ2) is 9.85. The van der Waals surface area contributed by atoms with Crippen molar-refractivity contribution in [1.29, 1.82) is 0 Å². The van der Waals surface area contributed by atoms with E-state index >= 15 is 0 Å². The molecule has 0 aliphatic heterocycles. The third kappa shape index (κ3) is 4.81. The van der Waals surface area contributed by atoms with Crippen molar-refractivity contribution in [3.63, 3.8) is 0 Å². The Hall–Kier alpha value is -3.18. The van der Waals surface area contributed by atoms with Gasteiger partial charge in [0.05, 0.1) is 19.8 Å². The van der Waals surface area contributed by atoms with Crippen molar-refractivity contribution in [1.82, 2.24) is 9.88 Å². The molecule has 1 N–H and O–H groups in total. The van der Waals surface area contributed by atoms with Gasteiger partial charge >= 0.3 is 0 Å². The number of benzene rings is 2. The van der Waals surface area contributed by atoms with Crippen molar-refractivity contribution >= 4 is 5.91 Å². The molecule has 0 saturated heterocycles. The molecule has 1 amide bonds. The Balaban J connectivity index is 1.95. The first-order valence-electron chi connectivity index (χ1n) is 9.72. The number of pyridine rings is 1. The molecule has 0 radical (unpaired) electrons. The van der Waals surface area contributed by atoms with E-state index in [9.17, 15) is 9.90 Å². The number of carbonyl (C=O) groups excluding carboxylic acids is 1. The molecule has 3 rings (SSSR count). The lowest BCUT2D eigenvalue weighted by molar-refractivity contribution is 0.0563. The average Bonchev–Trinajstić information content (AvgIpc) is 2.79. The van der Waals surface area contributed by atoms with Gasteiger partial charge < -0.3 is 14.7 Å². The van der Waals surface area contributed by atoms with Crippen LogP contribution in [0, 0.1) is 0 Å². The highest BCUT2D eigenvalue weighted by Crippen LogP contribution is 2.30. The number of aliphatic hydroxyl groups is 1. The van der Waals surface area contributed by atoms with Crippen LogP contribution < -0.4 is 4.74 Å². The average molecular weight is 390 g/mol. The number of para-hydroxylation sites is 1. The van der Waals surface area contributed by atoms with Crippen LogP contribution in [0.5, 0.6) is 5.75 Å². The summed E-state index contributed by atoms with van der Waals surface area (Å²) in [5.74, 6) is 0.637. The summed E-state index contributed by atoms with van der Waals surface area (Å²) >= 11 is 0. The molecular weight excluding hydrogens is 364 g/mol. The van der Waals surface area contributed by atoms with Crippen LogP contribution in [0.15, 0.2) is 73.1 Å². The Morgan fingerprint density at radius 1 is 1.14 bits per heavy atom. The van der Waals surface area contributed by atoms with Crippen molar-refractivity contribution in [2.45, 2.75) is 25.9 Å². The van der Waals surface area contributed by atoms with Crippen LogP contribution in [0.25, 0.3) is 11.1 Å². The van der Waals surface area contributed by atoms with Gasteiger partial charge in [-0.25, -0.2) is 0 Å². The molecule has 150 valence electrons. The normalized spacial score (nSPS) is 11.7. The summed E-state index contributed by atoms with van der Waals surface area (Å²) in [6.07, 6.45) is 4.11. The highest BCUT2D eigenvalue weighted by Gasteiger charge is 2.24. The van der Waals surface area contributed by atoms with Crippen LogP contribution in [0.1, 0.15) is 29.3 Å². The third-order valence-corrected chi connectivity index (χ3v) is 4.99. The molecule has 0 aliphatic carbocycles. The van der Waals surface area contributed by atoms with Gasteiger partial charge in [-0.3, -0.25) is 9.78 Å². The monoisotopic (exact) mass is 390 g/mol. The molecule has 29 heavy (non-hydrogen) atoms. The van der Waals surface area contributed by atoms with E-state index < -0.39 is 0 Å². The van der Waals surface area contributed by atoms with E-state index in [0.29, 0.717) is 18.5 Å². The number of carbonyl (C=O) groups is 1. The van der Waals surface area contributed by atoms with E-state index in [1.165, 1.54) is 0 Å². The molecule has 0 unspecified atom stereocenters. The minimum atomic E-state index is -0.266. The van der Waals surface area contributed by atoms with Crippen LogP contribution in [0.2, 0.25) is 0 Å². The lowest BCUT2D eigenvalue weighted by Gasteiger charge is -2.30. The summed E-state index contributed by atoms with van der Waals surface area (Å²) in [5.41, 5.74) is 3.34. The van der Waals surface area contributed by atoms with Gasteiger partial charge in [-0.05, 0) is 41.8 Å². The van der Waals surface area contributed by atoms with Gasteiger partial charge in [-0.1, -0.05) is 43.3 Å². The maximum atomic E-state index is 13.4. The maximum Gasteiger partial charge on any atom is 0.254 e. The number of nitrogens with zero attached hydrogens (tertiary/aromatic N) is 2. The molecule has 5 heteroatoms. The van der Waals surface area contributed by atoms with E-state index in [0.717, 1.165) is 22.4 Å². The topological polar surface area (TPSA) is 62.7 Å². The SMILES string of the molecule is CC[C@H](CO)N(Cc1cccnc1)C(=O)c1cccc(-c2ccccc2OC)c1. The molecule has 3 aromatic rings. The Bertz CT molecular complexity index is 940. The van der Waals surface area contributed by atoms with Crippen LogP contribution in [0.4, 0.5) is 0 Å². The summed E-state index contributed by atoms with van der Waals surface area (Å²) in [6.45, 7) is 2.27. The second-order valence-electron chi connectivity index (χ2n) is 6.82. The maximum absolute atomic E-state index is 13.4. The number of ether oxygens (including phenoxy) is 1. The molecule has 0 aliphatic rings. The standard InChI is InChI=1S/C24H26N2O3/c1-3-21(17-27)26(16-18-8-7-13-25-15-18)24(28)20-10-6-9-19(14-20)22-11-4-5-12-23(22)29-2/h4-15,21,27H,3,16-17H2,1-2H3/t21-/m1/s1. The molecule has 0 saturated carbocycles. The molecule has 0 fully saturated rings. The quantitative estimate of drug-likeness (QED) is 0.627. The zero-order chi connectivity index (χ0) is 20.6. The zero-order valence-electron chi connectivity index (χ0n) is 16.8. The number of hydrogen-bond acceptors (Lipinski definition) is 4. The first kappa shape index (κ1) is 20.6. The van der Waals surface area contributed by atoms with Crippen LogP contribution in [-0.2, 0) is 6.54 Å². The minimum absolute atomic E-state index is 0.0886. The Labute approximate surface area is 171 Å². The van der Waals surface area contributed by atoms with Gasteiger partial charge in [-0.15, -0.1) is 0 Å². The fraction of sp³-hybridized carbons (Fsp3) is 0.250. The Morgan fingerprint density at radius 3 is 2.66 bits per heavy atom. The summed E-state index contributed by atoms with van der Waals surface area (Å²) in [7, 11) is 1.64. The van der Waals surface area contributed by atoms with Crippen molar-refractivity contribution in [3.05, 3.63) is 84.2 Å². The number of methoxy groups -OCH3 is 1. The summed E-state index contributed by atoms with van der Waals surface area (Å²) in [4.78, 5) is 19.3. The molecule has 1 atom stereocenters. The summed E-state index contributed by atoms with van der Waals surface area (Å²) < 4.78 is 5.46. The third-order valence-electron chi connectivity index (χ3n) is 4.99. The van der Waals surface area contributed by atoms with Crippen LogP contribution in [0.3, 0.4) is 0 Å². The lowest BCUT2D eigenvalue weighted by atomic mass is 10.0. The molecule has 0 bridgehead atoms. The number of hydrogen-bond donors (Lipinski definition) is 1. The predicted octanol–water partition coefficient (Wildman–Crippen LogP) is 4.17. The lowest BCUT2D eigenvalue weighted by Crippen LogP contribution is -2.41. The zero-order valence-corrected chi connectivity index (χ0v) is 16.8. The molecule has 1 heterocycles. The number of amides is 1. The van der Waals surface area contributed by atoms with Gasteiger partial charge in [0.15, 0.2) is 0 Å². The molecule has 5 nitrogen and oxygen atoms in total. The van der Waals surface area contributed by atoms with E-state index in [1.54, 1.807) is 24.4 Å². The Morgan fingerprint density at radius 2 is 1.97 bits per heavy atom. The highest BCUT2D eigenvalue weighted by molar-refractivity contribution is 5.96. The van der Waals surface area contributed by atoms with Gasteiger partial charge in [0.2, 0.25) is 0 Å². The van der Waals surface area contributed by atoms with Crippen molar-refractivity contribution < 1.29 is 14.6 Å². The van der Waals surface area contributed by atoms with Crippen molar-refractivity contribution in [2.75, 3.05) is 13.7 Å². The number of aliphatic hydroxyl groups excluding tert-OH is 1. The molecular formula is C24H26N2O3. The number of aromatic nitrogens is 1. The van der Waals surface area contributed by atoms with E-state index in [1.807, 2.05) is 67.6 Å². The number of rotatable bonds is 8. The first-order valence-corrected chi connectivity index (χ1v) is 9.72. The molecule has 0 spiro atoms. The van der Waals surface area contributed by atoms with E-state index in [2.05, 4.69) is 4.98 Å².